The van der Waals surface area contributed by atoms with E-state index in [1.165, 1.54) is 13.5 Å². The Morgan fingerprint density at radius 1 is 1.21 bits per heavy atom. The predicted molar refractivity (Wildman–Crippen MR) is 131 cm³/mol. The van der Waals surface area contributed by atoms with Gasteiger partial charge in [-0.15, -0.1) is 0 Å². The number of aromatic nitrogens is 4. The molecule has 0 spiro atoms. The van der Waals surface area contributed by atoms with Crippen LogP contribution < -0.4 is 26.6 Å². The summed E-state index contributed by atoms with van der Waals surface area (Å²) in [6, 6.07) is 8.72. The first kappa shape index (κ1) is 28.8. The summed E-state index contributed by atoms with van der Waals surface area (Å²) in [7, 11) is -0.386. The van der Waals surface area contributed by atoms with E-state index in [0.29, 0.717) is 35.7 Å². The number of hydrogen-bond donors (Lipinski definition) is 4. The maximum absolute atomic E-state index is 12.3. The van der Waals surface area contributed by atoms with Crippen molar-refractivity contribution in [1.82, 2.24) is 24.9 Å². The normalized spacial score (nSPS) is 11.8. The van der Waals surface area contributed by atoms with Crippen molar-refractivity contribution in [3.63, 3.8) is 0 Å². The van der Waals surface area contributed by atoms with Crippen molar-refractivity contribution in [3.8, 4) is 5.75 Å². The molecule has 0 aliphatic heterocycles. The van der Waals surface area contributed by atoms with Gasteiger partial charge in [0.15, 0.2) is 17.0 Å². The number of carbonyl (C=O) groups excluding carboxylic acids is 1. The Bertz CT molecular complexity index is 1030. The molecule has 14 heteroatoms. The second-order valence-electron chi connectivity index (χ2n) is 6.62. The molecule has 188 valence electrons. The van der Waals surface area contributed by atoms with Gasteiger partial charge in [0.1, 0.15) is 12.1 Å². The lowest BCUT2D eigenvalue weighted by Crippen LogP contribution is -2.17. The molecule has 2 heterocycles. The van der Waals surface area contributed by atoms with Crippen molar-refractivity contribution in [1.29, 1.82) is 0 Å². The third-order valence-corrected chi connectivity index (χ3v) is 4.63. The Morgan fingerprint density at radius 2 is 1.85 bits per heavy atom. The number of imidazole rings is 1. The molecule has 0 saturated carbocycles. The second kappa shape index (κ2) is 15.6. The summed E-state index contributed by atoms with van der Waals surface area (Å²) in [6.07, 6.45) is 2.64. The van der Waals surface area contributed by atoms with Crippen LogP contribution in [-0.4, -0.2) is 53.1 Å². The number of methoxy groups -OCH3 is 1. The average Bonchev–Trinajstić information content (AvgIpc) is 3.21. The van der Waals surface area contributed by atoms with Crippen molar-refractivity contribution in [2.24, 2.45) is 5.50 Å². The quantitative estimate of drug-likeness (QED) is 0.139. The Hall–Kier alpha value is -3.25. The van der Waals surface area contributed by atoms with Gasteiger partial charge in [-0.1, -0.05) is 38.5 Å². The Morgan fingerprint density at radius 3 is 2.44 bits per heavy atom. The number of nitrogens with one attached hydrogen (secondary N) is 2. The number of nitrogen functional groups attached to an aromatic ring is 1. The molecule has 1 atom stereocenters. The molecular formula is C20H33N8O5P. The number of rotatable bonds is 10. The van der Waals surface area contributed by atoms with Crippen molar-refractivity contribution in [2.75, 3.05) is 38.3 Å². The first-order valence-electron chi connectivity index (χ1n) is 10.4. The van der Waals surface area contributed by atoms with Crippen LogP contribution in [0.2, 0.25) is 0 Å². The zero-order chi connectivity index (χ0) is 25.4. The highest BCUT2D eigenvalue weighted by Crippen LogP contribution is 2.38. The van der Waals surface area contributed by atoms with Crippen LogP contribution >= 0.6 is 7.52 Å². The Labute approximate surface area is 198 Å². The molecule has 13 nitrogen and oxygen atoms in total. The third-order valence-electron chi connectivity index (χ3n) is 3.57. The van der Waals surface area contributed by atoms with Gasteiger partial charge in [-0.25, -0.2) is 15.9 Å². The maximum Gasteiger partial charge on any atom is 0.339 e. The number of fused-ring (bicyclic) bond motifs is 1. The summed E-state index contributed by atoms with van der Waals surface area (Å²) in [6.45, 7) is 5.28. The summed E-state index contributed by atoms with van der Waals surface area (Å²) < 4.78 is 28.6. The highest BCUT2D eigenvalue weighted by Gasteiger charge is 2.19. The SMILES string of the molecule is CCC.CNNc1nc(N)nc2c1ncn2CCOCP(N)(=O)Oc1ccccc1.COC=O. The molecule has 0 radical (unpaired) electrons. The summed E-state index contributed by atoms with van der Waals surface area (Å²) in [5.74, 6) is 1.03. The highest BCUT2D eigenvalue weighted by atomic mass is 31.2. The van der Waals surface area contributed by atoms with Crippen LogP contribution in [0.1, 0.15) is 20.3 Å². The summed E-state index contributed by atoms with van der Waals surface area (Å²) in [5, 5.41) is 0. The number of hydrogen-bond acceptors (Lipinski definition) is 11. The maximum atomic E-state index is 12.3. The van der Waals surface area contributed by atoms with Crippen LogP contribution in [0.25, 0.3) is 11.2 Å². The van der Waals surface area contributed by atoms with Crippen LogP contribution in [0.4, 0.5) is 11.8 Å². The van der Waals surface area contributed by atoms with Gasteiger partial charge >= 0.3 is 7.52 Å². The third kappa shape index (κ3) is 10.1. The lowest BCUT2D eigenvalue weighted by atomic mass is 10.3. The smallest absolute Gasteiger partial charge is 0.339 e. The first-order valence-corrected chi connectivity index (χ1v) is 12.3. The molecule has 1 unspecified atom stereocenters. The van der Waals surface area contributed by atoms with Crippen LogP contribution in [0.5, 0.6) is 5.75 Å². The molecule has 0 amide bonds. The molecule has 3 aromatic rings. The molecule has 0 bridgehead atoms. The number of ether oxygens (including phenoxy) is 2. The second-order valence-corrected chi connectivity index (χ2v) is 8.52. The zero-order valence-electron chi connectivity index (χ0n) is 19.8. The largest absolute Gasteiger partial charge is 0.471 e. The molecule has 1 aromatic carbocycles. The number of benzene rings is 1. The Kier molecular flexibility index (Phi) is 13.2. The predicted octanol–water partition coefficient (Wildman–Crippen LogP) is 2.37. The minimum atomic E-state index is -3.40. The summed E-state index contributed by atoms with van der Waals surface area (Å²) >= 11 is 0. The van der Waals surface area contributed by atoms with Gasteiger partial charge in [0.2, 0.25) is 5.95 Å². The molecule has 0 aliphatic carbocycles. The molecule has 34 heavy (non-hydrogen) atoms. The van der Waals surface area contributed by atoms with Gasteiger partial charge in [-0.05, 0) is 12.1 Å². The van der Waals surface area contributed by atoms with Gasteiger partial charge in [-0.3, -0.25) is 9.36 Å². The van der Waals surface area contributed by atoms with E-state index in [1.54, 1.807) is 42.2 Å². The molecule has 2 aromatic heterocycles. The van der Waals surface area contributed by atoms with Gasteiger partial charge < -0.3 is 29.7 Å². The minimum absolute atomic E-state index is 0.116. The topological polar surface area (TPSA) is 182 Å². The van der Waals surface area contributed by atoms with Gasteiger partial charge in [-0.2, -0.15) is 9.97 Å². The average molecular weight is 497 g/mol. The van der Waals surface area contributed by atoms with Gasteiger partial charge in [0, 0.05) is 13.6 Å². The van der Waals surface area contributed by atoms with Crippen molar-refractivity contribution >= 4 is 36.9 Å². The number of nitrogens with zero attached hydrogens (tertiary/aromatic N) is 4. The molecule has 3 rings (SSSR count). The molecule has 0 fully saturated rings. The fourth-order valence-electron chi connectivity index (χ4n) is 2.37. The molecule has 6 N–H and O–H groups in total. The van der Waals surface area contributed by atoms with E-state index in [9.17, 15) is 4.57 Å². The van der Waals surface area contributed by atoms with Gasteiger partial charge in [0.05, 0.1) is 20.0 Å². The van der Waals surface area contributed by atoms with Crippen LogP contribution in [0.15, 0.2) is 36.7 Å². The zero-order valence-corrected chi connectivity index (χ0v) is 20.7. The minimum Gasteiger partial charge on any atom is -0.471 e. The number of hydrazine groups is 1. The van der Waals surface area contributed by atoms with E-state index in [4.69, 9.17) is 25.3 Å². The number of nitrogens with two attached hydrogens (primary N) is 2. The first-order chi connectivity index (χ1) is 16.3. The monoisotopic (exact) mass is 496 g/mol. The van der Waals surface area contributed by atoms with E-state index in [0.717, 1.165) is 0 Å². The lowest BCUT2D eigenvalue weighted by Gasteiger charge is -2.15. The lowest BCUT2D eigenvalue weighted by molar-refractivity contribution is -0.126. The fourth-order valence-corrected chi connectivity index (χ4v) is 3.29. The molecule has 0 saturated heterocycles. The molecule has 0 aliphatic rings. The summed E-state index contributed by atoms with van der Waals surface area (Å²) in [5.41, 5.74) is 18.2. The molecular weight excluding hydrogens is 463 g/mol. The number of para-hydroxylation sites is 1. The van der Waals surface area contributed by atoms with Crippen molar-refractivity contribution in [2.45, 2.75) is 26.8 Å². The van der Waals surface area contributed by atoms with Crippen LogP contribution in [-0.2, 0) is 25.4 Å². The van der Waals surface area contributed by atoms with Gasteiger partial charge in [0.25, 0.3) is 6.47 Å². The van der Waals surface area contributed by atoms with E-state index < -0.39 is 7.52 Å². The van der Waals surface area contributed by atoms with E-state index in [1.807, 2.05) is 6.07 Å². The van der Waals surface area contributed by atoms with E-state index >= 15 is 0 Å². The van der Waals surface area contributed by atoms with E-state index in [-0.39, 0.29) is 18.9 Å². The fraction of sp³-hybridized carbons (Fsp3) is 0.400. The van der Waals surface area contributed by atoms with E-state index in [2.05, 4.69) is 44.4 Å². The van der Waals surface area contributed by atoms with Crippen molar-refractivity contribution < 1.29 is 23.4 Å². The number of anilines is 2. The summed E-state index contributed by atoms with van der Waals surface area (Å²) in [4.78, 5) is 21.5. The number of carbonyl (C=O) groups is 1. The standard InChI is InChI=1S/C15H21N8O3P.C3H8.C2H4O2/c1-18-22-13-12-14(21-15(16)20-13)23(9-19-12)7-8-25-10-27(17,24)26-11-5-3-2-4-6-11;1-3-2;1-4-2-3/h2-6,9,18H,7-8,10H2,1H3,(H2,17,24)(H3,16,20,21,22);3H2,1-2H3;2H,1H3. The van der Waals surface area contributed by atoms with Crippen molar-refractivity contribution in [3.05, 3.63) is 36.7 Å². The Balaban J connectivity index is 0.000000732. The van der Waals surface area contributed by atoms with Crippen LogP contribution in [0.3, 0.4) is 0 Å². The van der Waals surface area contributed by atoms with Crippen LogP contribution in [0, 0.1) is 0 Å². The highest BCUT2D eigenvalue weighted by molar-refractivity contribution is 7.56.